The Morgan fingerprint density at radius 2 is 2.06 bits per heavy atom. The average Bonchev–Trinajstić information content (AvgIpc) is 3.11. The smallest absolute Gasteiger partial charge is 0.137 e. The average molecular weight is 253 g/mol. The third kappa shape index (κ3) is 3.20. The van der Waals surface area contributed by atoms with Crippen LogP contribution in [0.1, 0.15) is 26.2 Å². The number of benzene rings is 1. The molecule has 0 saturated heterocycles. The molecule has 0 heterocycles. The van der Waals surface area contributed by atoms with E-state index in [0.717, 1.165) is 24.2 Å². The van der Waals surface area contributed by atoms with Gasteiger partial charge in [0.05, 0.1) is 4.90 Å². The van der Waals surface area contributed by atoms with Gasteiger partial charge in [0.2, 0.25) is 0 Å². The monoisotopic (exact) mass is 253 g/mol. The van der Waals surface area contributed by atoms with Gasteiger partial charge >= 0.3 is 0 Å². The Hall–Kier alpha value is -1.07. The van der Waals surface area contributed by atoms with Crippen LogP contribution in [0.2, 0.25) is 0 Å². The molecule has 0 aliphatic heterocycles. The van der Waals surface area contributed by atoms with Crippen molar-refractivity contribution in [3.63, 3.8) is 0 Å². The van der Waals surface area contributed by atoms with E-state index in [-0.39, 0.29) is 0 Å². The molecule has 3 N–H and O–H groups in total. The molecular weight excluding hydrogens is 234 g/mol. The molecule has 1 unspecified atom stereocenters. The molecule has 2 rings (SSSR count). The lowest BCUT2D eigenvalue weighted by atomic mass is 10.3. The van der Waals surface area contributed by atoms with Gasteiger partial charge in [-0.1, -0.05) is 6.92 Å². The topological polar surface area (TPSA) is 67.5 Å². The van der Waals surface area contributed by atoms with E-state index in [9.17, 15) is 4.21 Å². The molecule has 1 aromatic rings. The molecule has 0 amide bonds. The Morgan fingerprint density at radius 3 is 2.59 bits per heavy atom. The highest BCUT2D eigenvalue weighted by Gasteiger charge is 2.26. The lowest BCUT2D eigenvalue weighted by Gasteiger charge is -2.11. The Morgan fingerprint density at radius 1 is 1.41 bits per heavy atom. The summed E-state index contributed by atoms with van der Waals surface area (Å²) >= 11 is 0. The number of nitrogens with two attached hydrogens (primary N) is 1. The van der Waals surface area contributed by atoms with Crippen molar-refractivity contribution < 1.29 is 4.21 Å². The van der Waals surface area contributed by atoms with E-state index >= 15 is 0 Å². The van der Waals surface area contributed by atoms with Crippen molar-refractivity contribution in [2.75, 3.05) is 12.3 Å². The molecule has 0 aromatic heterocycles. The fourth-order valence-electron chi connectivity index (χ4n) is 1.48. The van der Waals surface area contributed by atoms with Crippen molar-refractivity contribution in [1.29, 1.82) is 0 Å². The van der Waals surface area contributed by atoms with Crippen molar-refractivity contribution in [3.05, 3.63) is 24.3 Å². The highest BCUT2D eigenvalue weighted by molar-refractivity contribution is 7.91. The maximum absolute atomic E-state index is 12.8. The highest BCUT2D eigenvalue weighted by atomic mass is 32.2. The van der Waals surface area contributed by atoms with Gasteiger partial charge < -0.3 is 5.73 Å². The van der Waals surface area contributed by atoms with Gasteiger partial charge in [0, 0.05) is 18.3 Å². The maximum atomic E-state index is 12.8. The number of anilines is 1. The molecule has 0 bridgehead atoms. The molecule has 1 atom stereocenters. The van der Waals surface area contributed by atoms with Crippen molar-refractivity contribution >= 4 is 15.6 Å². The summed E-state index contributed by atoms with van der Waals surface area (Å²) in [7, 11) is -2.46. The Balaban J connectivity index is 2.31. The minimum absolute atomic E-state index is 0.362. The molecule has 0 radical (unpaired) electrons. The van der Waals surface area contributed by atoms with Crippen molar-refractivity contribution in [2.24, 2.45) is 4.36 Å². The van der Waals surface area contributed by atoms with Crippen molar-refractivity contribution in [1.82, 2.24) is 4.72 Å². The van der Waals surface area contributed by atoms with Crippen LogP contribution in [0.25, 0.3) is 0 Å². The minimum Gasteiger partial charge on any atom is -0.399 e. The van der Waals surface area contributed by atoms with Crippen LogP contribution in [0.15, 0.2) is 33.5 Å². The predicted molar refractivity (Wildman–Crippen MR) is 71.0 cm³/mol. The first-order chi connectivity index (χ1) is 8.14. The number of hydrogen-bond acceptors (Lipinski definition) is 3. The van der Waals surface area contributed by atoms with Gasteiger partial charge in [0.1, 0.15) is 9.92 Å². The number of hydrogen-bond donors (Lipinski definition) is 2. The van der Waals surface area contributed by atoms with Crippen molar-refractivity contribution in [3.8, 4) is 0 Å². The summed E-state index contributed by atoms with van der Waals surface area (Å²) in [5, 5.41) is 0. The van der Waals surface area contributed by atoms with Gasteiger partial charge in [-0.05, 0) is 43.5 Å². The maximum Gasteiger partial charge on any atom is 0.137 e. The third-order valence-corrected chi connectivity index (χ3v) is 4.71. The zero-order valence-corrected chi connectivity index (χ0v) is 10.9. The SMILES string of the molecule is CCCN=S(=O)(NC1CC1)c1ccc(N)cc1. The lowest BCUT2D eigenvalue weighted by Crippen LogP contribution is -2.26. The number of nitrogen functional groups attached to an aromatic ring is 1. The standard InChI is InChI=1S/C12H19N3OS/c1-2-9-14-17(16,15-11-5-6-11)12-7-3-10(13)4-8-12/h3-4,7-8,11H,2,5-6,9,13H2,1H3,(H,14,15,16). The minimum atomic E-state index is -2.46. The van der Waals surface area contributed by atoms with Crippen LogP contribution in [0.5, 0.6) is 0 Å². The van der Waals surface area contributed by atoms with Crippen LogP contribution in [-0.4, -0.2) is 16.8 Å². The second kappa shape index (κ2) is 5.06. The van der Waals surface area contributed by atoms with Gasteiger partial charge in [-0.3, -0.25) is 0 Å². The summed E-state index contributed by atoms with van der Waals surface area (Å²) in [5.74, 6) is 0. The largest absolute Gasteiger partial charge is 0.399 e. The molecule has 4 nitrogen and oxygen atoms in total. The number of nitrogens with one attached hydrogen (secondary N) is 1. The molecule has 1 aliphatic rings. The second-order valence-electron chi connectivity index (χ2n) is 4.34. The zero-order valence-electron chi connectivity index (χ0n) is 10.1. The molecule has 1 fully saturated rings. The summed E-state index contributed by atoms with van der Waals surface area (Å²) < 4.78 is 20.3. The van der Waals surface area contributed by atoms with Gasteiger partial charge in [0.15, 0.2) is 0 Å². The number of rotatable bonds is 5. The van der Waals surface area contributed by atoms with Crippen LogP contribution in [-0.2, 0) is 9.92 Å². The van der Waals surface area contributed by atoms with E-state index in [1.807, 2.05) is 6.92 Å². The van der Waals surface area contributed by atoms with Crippen LogP contribution >= 0.6 is 0 Å². The molecule has 94 valence electrons. The second-order valence-corrected chi connectivity index (χ2v) is 6.36. The highest BCUT2D eigenvalue weighted by Crippen LogP contribution is 2.23. The van der Waals surface area contributed by atoms with E-state index in [2.05, 4.69) is 9.08 Å². The molecule has 0 spiro atoms. The Bertz CT molecular complexity index is 485. The molecule has 1 aromatic carbocycles. The lowest BCUT2D eigenvalue weighted by molar-refractivity contribution is 0.660. The Labute approximate surface area is 103 Å². The number of nitrogens with zero attached hydrogens (tertiary/aromatic N) is 1. The van der Waals surface area contributed by atoms with Crippen LogP contribution in [0.3, 0.4) is 0 Å². The molecule has 5 heteroatoms. The molecular formula is C12H19N3OS. The van der Waals surface area contributed by atoms with E-state index in [4.69, 9.17) is 5.73 Å². The summed E-state index contributed by atoms with van der Waals surface area (Å²) in [6.45, 7) is 2.65. The van der Waals surface area contributed by atoms with Gasteiger partial charge in [-0.25, -0.2) is 13.3 Å². The Kier molecular flexibility index (Phi) is 3.69. The quantitative estimate of drug-likeness (QED) is 0.790. The zero-order chi connectivity index (χ0) is 12.3. The molecule has 1 aliphatic carbocycles. The first-order valence-corrected chi connectivity index (χ1v) is 7.51. The van der Waals surface area contributed by atoms with Crippen LogP contribution < -0.4 is 10.5 Å². The van der Waals surface area contributed by atoms with E-state index in [1.54, 1.807) is 24.3 Å². The normalized spacial score (nSPS) is 18.6. The summed E-state index contributed by atoms with van der Waals surface area (Å²) in [6, 6.07) is 7.50. The first kappa shape index (κ1) is 12.4. The summed E-state index contributed by atoms with van der Waals surface area (Å²) in [4.78, 5) is 0.729. The molecule has 17 heavy (non-hydrogen) atoms. The van der Waals surface area contributed by atoms with Crippen LogP contribution in [0, 0.1) is 0 Å². The fraction of sp³-hybridized carbons (Fsp3) is 0.500. The predicted octanol–water partition coefficient (Wildman–Crippen LogP) is 2.17. The van der Waals surface area contributed by atoms with Gasteiger partial charge in [-0.15, -0.1) is 0 Å². The van der Waals surface area contributed by atoms with Crippen molar-refractivity contribution in [2.45, 2.75) is 37.1 Å². The third-order valence-electron chi connectivity index (χ3n) is 2.60. The fourth-order valence-corrected chi connectivity index (χ4v) is 3.47. The van der Waals surface area contributed by atoms with E-state index in [1.165, 1.54) is 0 Å². The van der Waals surface area contributed by atoms with E-state index in [0.29, 0.717) is 18.3 Å². The van der Waals surface area contributed by atoms with Gasteiger partial charge in [0.25, 0.3) is 0 Å². The van der Waals surface area contributed by atoms with E-state index < -0.39 is 9.92 Å². The summed E-state index contributed by atoms with van der Waals surface area (Å²) in [5.41, 5.74) is 6.32. The van der Waals surface area contributed by atoms with Gasteiger partial charge in [-0.2, -0.15) is 0 Å². The molecule has 1 saturated carbocycles. The first-order valence-electron chi connectivity index (χ1n) is 6.00. The van der Waals surface area contributed by atoms with Crippen LogP contribution in [0.4, 0.5) is 5.69 Å². The summed E-state index contributed by atoms with van der Waals surface area (Å²) in [6.07, 6.45) is 3.08.